The first-order valence-electron chi connectivity index (χ1n) is 12.6. The number of non-ortho nitro benzene ring substituents is 1. The summed E-state index contributed by atoms with van der Waals surface area (Å²) in [6.07, 6.45) is 0.0631. The number of nitrogens with zero attached hydrogens (tertiary/aromatic N) is 5. The summed E-state index contributed by atoms with van der Waals surface area (Å²) in [5.41, 5.74) is 2.74. The molecule has 3 aliphatic rings. The maximum atomic E-state index is 13.9. The zero-order chi connectivity index (χ0) is 26.1. The van der Waals surface area contributed by atoms with Crippen molar-refractivity contribution in [2.45, 2.75) is 19.4 Å². The lowest BCUT2D eigenvalue weighted by Gasteiger charge is -2.50. The number of hydrogen-bond donors (Lipinski definition) is 0. The summed E-state index contributed by atoms with van der Waals surface area (Å²) in [7, 11) is 0. The molecule has 0 saturated carbocycles. The second-order valence-corrected chi connectivity index (χ2v) is 9.96. The van der Waals surface area contributed by atoms with Gasteiger partial charge >= 0.3 is 6.09 Å². The van der Waals surface area contributed by atoms with Crippen LogP contribution in [-0.2, 0) is 16.0 Å². The lowest BCUT2D eigenvalue weighted by molar-refractivity contribution is -0.384. The van der Waals surface area contributed by atoms with Gasteiger partial charge in [0.1, 0.15) is 0 Å². The van der Waals surface area contributed by atoms with Gasteiger partial charge in [0.15, 0.2) is 0 Å². The molecule has 0 unspecified atom stereocenters. The van der Waals surface area contributed by atoms with Gasteiger partial charge in [0.25, 0.3) is 5.69 Å². The van der Waals surface area contributed by atoms with Crippen molar-refractivity contribution in [1.29, 1.82) is 0 Å². The van der Waals surface area contributed by atoms with Gasteiger partial charge in [-0.1, -0.05) is 23.7 Å². The number of fused-ring (bicyclic) bond motifs is 3. The lowest BCUT2D eigenvalue weighted by atomic mass is 9.82. The monoisotopic (exact) mass is 527 g/mol. The van der Waals surface area contributed by atoms with Crippen molar-refractivity contribution >= 4 is 40.7 Å². The Balaban J connectivity index is 1.41. The van der Waals surface area contributed by atoms with E-state index >= 15 is 0 Å². The van der Waals surface area contributed by atoms with E-state index in [1.165, 1.54) is 6.07 Å². The number of para-hydroxylation sites is 1. The van der Waals surface area contributed by atoms with Crippen LogP contribution >= 0.6 is 11.6 Å². The third kappa shape index (κ3) is 4.90. The Morgan fingerprint density at radius 2 is 1.76 bits per heavy atom. The maximum Gasteiger partial charge on any atom is 0.409 e. The average Bonchev–Trinajstić information content (AvgIpc) is 2.92. The molecule has 0 aliphatic carbocycles. The summed E-state index contributed by atoms with van der Waals surface area (Å²) < 4.78 is 5.10. The third-order valence-electron chi connectivity index (χ3n) is 7.53. The number of halogens is 1. The number of anilines is 2. The van der Waals surface area contributed by atoms with E-state index in [9.17, 15) is 19.7 Å². The fourth-order valence-corrected chi connectivity index (χ4v) is 5.95. The Morgan fingerprint density at radius 1 is 1.03 bits per heavy atom. The molecule has 0 N–H and O–H groups in total. The smallest absolute Gasteiger partial charge is 0.409 e. The lowest BCUT2D eigenvalue weighted by Crippen LogP contribution is -2.62. The molecular weight excluding hydrogens is 498 g/mol. The molecule has 0 aromatic heterocycles. The Morgan fingerprint density at radius 3 is 2.46 bits per heavy atom. The SMILES string of the molecule is CCOC(=O)N1CCN(C(=O)[C@H]2Cc3cc([N+](=O)[O-])ccc3N3CCN(c4ccccc4Cl)C[C@@H]23)CC1. The summed E-state index contributed by atoms with van der Waals surface area (Å²) in [6, 6.07) is 12.5. The first-order chi connectivity index (χ1) is 17.9. The van der Waals surface area contributed by atoms with E-state index in [1.807, 2.05) is 35.2 Å². The van der Waals surface area contributed by atoms with Crippen LogP contribution in [0.25, 0.3) is 0 Å². The van der Waals surface area contributed by atoms with Crippen LogP contribution < -0.4 is 9.80 Å². The van der Waals surface area contributed by atoms with Gasteiger partial charge in [-0.15, -0.1) is 0 Å². The van der Waals surface area contributed by atoms with Crippen molar-refractivity contribution in [2.24, 2.45) is 5.92 Å². The number of piperazine rings is 2. The number of nitro benzene ring substituents is 1. The standard InChI is InChI=1S/C26H30ClN5O5/c1-2-37-26(34)29-11-9-28(10-12-29)25(33)20-16-18-15-19(32(35)36)7-8-22(18)31-14-13-30(17-24(20)31)23-6-4-3-5-21(23)27/h3-8,15,20,24H,2,9-14,16-17H2,1H3/t20-,24-/m0/s1. The fraction of sp³-hybridized carbons (Fsp3) is 0.462. The third-order valence-corrected chi connectivity index (χ3v) is 7.85. The molecule has 0 spiro atoms. The molecule has 3 heterocycles. The Kier molecular flexibility index (Phi) is 7.10. The molecule has 2 atom stereocenters. The second kappa shape index (κ2) is 10.5. The number of nitro groups is 1. The zero-order valence-electron chi connectivity index (χ0n) is 20.7. The number of carbonyl (C=O) groups is 2. The van der Waals surface area contributed by atoms with E-state index in [0.29, 0.717) is 57.3 Å². The molecule has 2 aromatic rings. The topological polar surface area (TPSA) is 99.5 Å². The van der Waals surface area contributed by atoms with Gasteiger partial charge < -0.3 is 24.3 Å². The van der Waals surface area contributed by atoms with Crippen molar-refractivity contribution in [3.63, 3.8) is 0 Å². The number of benzene rings is 2. The van der Waals surface area contributed by atoms with Crippen LogP contribution in [0.2, 0.25) is 5.02 Å². The van der Waals surface area contributed by atoms with Gasteiger partial charge in [0.2, 0.25) is 5.91 Å². The Bertz CT molecular complexity index is 1200. The highest BCUT2D eigenvalue weighted by Gasteiger charge is 2.44. The van der Waals surface area contributed by atoms with E-state index in [0.717, 1.165) is 23.5 Å². The highest BCUT2D eigenvalue weighted by Crippen LogP contribution is 2.40. The minimum absolute atomic E-state index is 0.0108. The van der Waals surface area contributed by atoms with Gasteiger partial charge in [-0.3, -0.25) is 14.9 Å². The normalized spacial score (nSPS) is 21.2. The van der Waals surface area contributed by atoms with Crippen molar-refractivity contribution in [3.05, 3.63) is 63.2 Å². The Labute approximate surface area is 220 Å². The molecule has 5 rings (SSSR count). The van der Waals surface area contributed by atoms with Crippen LogP contribution in [0.1, 0.15) is 12.5 Å². The molecule has 0 bridgehead atoms. The highest BCUT2D eigenvalue weighted by atomic mass is 35.5. The number of carbonyl (C=O) groups excluding carboxylic acids is 2. The Hall–Kier alpha value is -3.53. The van der Waals surface area contributed by atoms with E-state index < -0.39 is 4.92 Å². The largest absolute Gasteiger partial charge is 0.450 e. The van der Waals surface area contributed by atoms with Gasteiger partial charge in [-0.05, 0) is 37.1 Å². The second-order valence-electron chi connectivity index (χ2n) is 9.55. The van der Waals surface area contributed by atoms with E-state index in [-0.39, 0.29) is 29.6 Å². The van der Waals surface area contributed by atoms with Crippen molar-refractivity contribution < 1.29 is 19.2 Å². The molecule has 2 aromatic carbocycles. The molecule has 11 heteroatoms. The van der Waals surface area contributed by atoms with Crippen LogP contribution in [0.3, 0.4) is 0 Å². The van der Waals surface area contributed by atoms with Gasteiger partial charge in [-0.2, -0.15) is 0 Å². The summed E-state index contributed by atoms with van der Waals surface area (Å²) in [6.45, 7) is 5.76. The molecular formula is C26H30ClN5O5. The highest BCUT2D eigenvalue weighted by molar-refractivity contribution is 6.33. The number of hydrogen-bond acceptors (Lipinski definition) is 7. The summed E-state index contributed by atoms with van der Waals surface area (Å²) in [5, 5.41) is 12.1. The molecule has 0 radical (unpaired) electrons. The number of ether oxygens (including phenoxy) is 1. The van der Waals surface area contributed by atoms with E-state index in [1.54, 1.807) is 17.9 Å². The van der Waals surface area contributed by atoms with Crippen molar-refractivity contribution in [1.82, 2.24) is 9.80 Å². The van der Waals surface area contributed by atoms with Crippen LogP contribution in [0.4, 0.5) is 21.9 Å². The molecule has 2 amide bonds. The first-order valence-corrected chi connectivity index (χ1v) is 13.0. The maximum absolute atomic E-state index is 13.9. The van der Waals surface area contributed by atoms with Crippen molar-refractivity contribution in [2.75, 3.05) is 62.2 Å². The molecule has 2 fully saturated rings. The predicted molar refractivity (Wildman–Crippen MR) is 140 cm³/mol. The number of rotatable bonds is 4. The summed E-state index contributed by atoms with van der Waals surface area (Å²) in [4.78, 5) is 45.0. The van der Waals surface area contributed by atoms with Crippen LogP contribution in [0.15, 0.2) is 42.5 Å². The molecule has 10 nitrogen and oxygen atoms in total. The van der Waals surface area contributed by atoms with Crippen LogP contribution in [0.5, 0.6) is 0 Å². The fourth-order valence-electron chi connectivity index (χ4n) is 5.69. The van der Waals surface area contributed by atoms with Gasteiger partial charge in [0.05, 0.1) is 34.2 Å². The van der Waals surface area contributed by atoms with E-state index in [4.69, 9.17) is 16.3 Å². The van der Waals surface area contributed by atoms with Gasteiger partial charge in [-0.25, -0.2) is 4.79 Å². The quantitative estimate of drug-likeness (QED) is 0.443. The minimum Gasteiger partial charge on any atom is -0.450 e. The zero-order valence-corrected chi connectivity index (χ0v) is 21.5. The molecule has 37 heavy (non-hydrogen) atoms. The first kappa shape index (κ1) is 25.1. The summed E-state index contributed by atoms with van der Waals surface area (Å²) in [5.74, 6) is -0.370. The average molecular weight is 528 g/mol. The minimum atomic E-state index is -0.396. The predicted octanol–water partition coefficient (Wildman–Crippen LogP) is 3.42. The van der Waals surface area contributed by atoms with Crippen molar-refractivity contribution in [3.8, 4) is 0 Å². The number of amides is 2. The van der Waals surface area contributed by atoms with Gasteiger partial charge in [0, 0.05) is 63.6 Å². The molecule has 3 aliphatic heterocycles. The molecule has 2 saturated heterocycles. The van der Waals surface area contributed by atoms with Crippen LogP contribution in [0, 0.1) is 16.0 Å². The molecule has 196 valence electrons. The van der Waals surface area contributed by atoms with Crippen LogP contribution in [-0.4, -0.2) is 85.2 Å². The summed E-state index contributed by atoms with van der Waals surface area (Å²) >= 11 is 6.51. The van der Waals surface area contributed by atoms with E-state index in [2.05, 4.69) is 9.80 Å².